The second-order valence-corrected chi connectivity index (χ2v) is 5.94. The number of nitrogens with zero attached hydrogens (tertiary/aromatic N) is 2. The van der Waals surface area contributed by atoms with Gasteiger partial charge in [-0.05, 0) is 57.4 Å². The largest absolute Gasteiger partial charge is 0.301 e. The van der Waals surface area contributed by atoms with Crippen LogP contribution in [0.1, 0.15) is 35.1 Å². The summed E-state index contributed by atoms with van der Waals surface area (Å²) in [6.45, 7) is 8.35. The van der Waals surface area contributed by atoms with Crippen molar-refractivity contribution >= 4 is 0 Å². The number of nitriles is 1. The van der Waals surface area contributed by atoms with Crippen molar-refractivity contribution in [3.63, 3.8) is 0 Å². The van der Waals surface area contributed by atoms with Crippen LogP contribution in [0.2, 0.25) is 0 Å². The maximum absolute atomic E-state index is 9.14. The lowest BCUT2D eigenvalue weighted by Gasteiger charge is -2.22. The molecule has 1 aromatic carbocycles. The highest BCUT2D eigenvalue weighted by Crippen LogP contribution is 2.45. The fraction of sp³-hybridized carbons (Fsp3) is 0.562. The molecular formula is C16H22N2. The number of aryl methyl sites for hydroxylation is 3. The fourth-order valence-electron chi connectivity index (χ4n) is 2.76. The summed E-state index contributed by atoms with van der Waals surface area (Å²) in [6, 6.07) is 6.95. The number of hydrogen-bond donors (Lipinski definition) is 0. The first-order chi connectivity index (χ1) is 8.46. The fourth-order valence-corrected chi connectivity index (χ4v) is 2.76. The van der Waals surface area contributed by atoms with Gasteiger partial charge in [-0.25, -0.2) is 0 Å². The van der Waals surface area contributed by atoms with Crippen LogP contribution in [-0.2, 0) is 6.54 Å². The van der Waals surface area contributed by atoms with E-state index in [0.717, 1.165) is 25.9 Å². The molecule has 96 valence electrons. The molecule has 1 fully saturated rings. The zero-order valence-electron chi connectivity index (χ0n) is 11.9. The Balaban J connectivity index is 2.08. The molecule has 2 rings (SSSR count). The quantitative estimate of drug-likeness (QED) is 0.809. The number of rotatable bonds is 4. The molecule has 2 heteroatoms. The molecular weight excluding hydrogens is 220 g/mol. The Bertz CT molecular complexity index is 469. The standard InChI is InChI=1S/C16H22N2/c1-12-7-13(2)15(14(3)8-12)9-18(4)11-16(10-17)5-6-16/h7-8H,5-6,9,11H2,1-4H3. The highest BCUT2D eigenvalue weighted by atomic mass is 15.1. The third-order valence-corrected chi connectivity index (χ3v) is 3.93. The highest BCUT2D eigenvalue weighted by Gasteiger charge is 2.43. The summed E-state index contributed by atoms with van der Waals surface area (Å²) in [6.07, 6.45) is 2.14. The molecule has 2 nitrogen and oxygen atoms in total. The molecule has 0 heterocycles. The summed E-state index contributed by atoms with van der Waals surface area (Å²) < 4.78 is 0. The SMILES string of the molecule is Cc1cc(C)c(CN(C)CC2(C#N)CC2)c(C)c1. The first-order valence-corrected chi connectivity index (χ1v) is 6.62. The molecule has 0 unspecified atom stereocenters. The average molecular weight is 242 g/mol. The van der Waals surface area contributed by atoms with E-state index in [1.54, 1.807) is 0 Å². The molecule has 18 heavy (non-hydrogen) atoms. The average Bonchev–Trinajstić information content (AvgIpc) is 3.04. The van der Waals surface area contributed by atoms with Gasteiger partial charge < -0.3 is 4.90 Å². The van der Waals surface area contributed by atoms with Crippen LogP contribution in [-0.4, -0.2) is 18.5 Å². The Morgan fingerprint density at radius 2 is 1.78 bits per heavy atom. The molecule has 0 aliphatic heterocycles. The van der Waals surface area contributed by atoms with Crippen LogP contribution < -0.4 is 0 Å². The van der Waals surface area contributed by atoms with Gasteiger partial charge in [-0.15, -0.1) is 0 Å². The van der Waals surface area contributed by atoms with Gasteiger partial charge in [0.2, 0.25) is 0 Å². The molecule has 0 atom stereocenters. The maximum atomic E-state index is 9.14. The van der Waals surface area contributed by atoms with Gasteiger partial charge in [-0.2, -0.15) is 5.26 Å². The topological polar surface area (TPSA) is 27.0 Å². The summed E-state index contributed by atoms with van der Waals surface area (Å²) in [5.41, 5.74) is 5.42. The Morgan fingerprint density at radius 1 is 1.22 bits per heavy atom. The van der Waals surface area contributed by atoms with E-state index in [1.165, 1.54) is 22.3 Å². The van der Waals surface area contributed by atoms with Gasteiger partial charge in [0.15, 0.2) is 0 Å². The summed E-state index contributed by atoms with van der Waals surface area (Å²) in [4.78, 5) is 2.29. The molecule has 1 aliphatic rings. The van der Waals surface area contributed by atoms with Crippen molar-refractivity contribution in [3.8, 4) is 6.07 Å². The predicted octanol–water partition coefficient (Wildman–Crippen LogP) is 3.35. The van der Waals surface area contributed by atoms with Gasteiger partial charge in [-0.3, -0.25) is 0 Å². The minimum atomic E-state index is -0.0404. The Labute approximate surface area is 110 Å². The zero-order valence-corrected chi connectivity index (χ0v) is 11.9. The van der Waals surface area contributed by atoms with E-state index in [2.05, 4.69) is 50.9 Å². The van der Waals surface area contributed by atoms with E-state index in [1.807, 2.05) is 0 Å². The number of hydrogen-bond acceptors (Lipinski definition) is 2. The molecule has 0 aromatic heterocycles. The summed E-state index contributed by atoms with van der Waals surface area (Å²) >= 11 is 0. The van der Waals surface area contributed by atoms with Crippen molar-refractivity contribution in [1.29, 1.82) is 5.26 Å². The zero-order chi connectivity index (χ0) is 13.3. The van der Waals surface area contributed by atoms with Gasteiger partial charge in [0.1, 0.15) is 0 Å². The van der Waals surface area contributed by atoms with Gasteiger partial charge in [-0.1, -0.05) is 17.7 Å². The van der Waals surface area contributed by atoms with Crippen molar-refractivity contribution in [2.45, 2.75) is 40.2 Å². The summed E-state index contributed by atoms with van der Waals surface area (Å²) in [5.74, 6) is 0. The Hall–Kier alpha value is -1.33. The van der Waals surface area contributed by atoms with Crippen molar-refractivity contribution in [2.24, 2.45) is 5.41 Å². The number of benzene rings is 1. The van der Waals surface area contributed by atoms with Crippen LogP contribution in [0, 0.1) is 37.5 Å². The van der Waals surface area contributed by atoms with Crippen molar-refractivity contribution < 1.29 is 0 Å². The Kier molecular flexibility index (Phi) is 3.45. The van der Waals surface area contributed by atoms with Crippen LogP contribution in [0.15, 0.2) is 12.1 Å². The van der Waals surface area contributed by atoms with Crippen LogP contribution >= 0.6 is 0 Å². The second-order valence-electron chi connectivity index (χ2n) is 5.94. The van der Waals surface area contributed by atoms with E-state index in [4.69, 9.17) is 5.26 Å². The van der Waals surface area contributed by atoms with Crippen LogP contribution in [0.25, 0.3) is 0 Å². The summed E-state index contributed by atoms with van der Waals surface area (Å²) in [7, 11) is 2.12. The van der Waals surface area contributed by atoms with Crippen LogP contribution in [0.5, 0.6) is 0 Å². The molecule has 0 saturated heterocycles. The lowest BCUT2D eigenvalue weighted by atomic mass is 9.99. The first-order valence-electron chi connectivity index (χ1n) is 6.62. The van der Waals surface area contributed by atoms with Gasteiger partial charge in [0.05, 0.1) is 11.5 Å². The highest BCUT2D eigenvalue weighted by molar-refractivity contribution is 5.37. The molecule has 0 bridgehead atoms. The molecule has 0 spiro atoms. The van der Waals surface area contributed by atoms with E-state index >= 15 is 0 Å². The second kappa shape index (κ2) is 4.74. The molecule has 1 saturated carbocycles. The minimum absolute atomic E-state index is 0.0404. The first kappa shape index (κ1) is 13.1. The van der Waals surface area contributed by atoms with Crippen molar-refractivity contribution in [3.05, 3.63) is 34.4 Å². The normalized spacial score (nSPS) is 16.7. The van der Waals surface area contributed by atoms with E-state index < -0.39 is 0 Å². The molecule has 0 radical (unpaired) electrons. The monoisotopic (exact) mass is 242 g/mol. The van der Waals surface area contributed by atoms with E-state index in [9.17, 15) is 0 Å². The lowest BCUT2D eigenvalue weighted by molar-refractivity contribution is 0.285. The van der Waals surface area contributed by atoms with Crippen LogP contribution in [0.3, 0.4) is 0 Å². The minimum Gasteiger partial charge on any atom is -0.301 e. The molecule has 0 amide bonds. The predicted molar refractivity (Wildman–Crippen MR) is 74.3 cm³/mol. The molecule has 0 N–H and O–H groups in total. The lowest BCUT2D eigenvalue weighted by Crippen LogP contribution is -2.26. The van der Waals surface area contributed by atoms with Crippen LogP contribution in [0.4, 0.5) is 0 Å². The Morgan fingerprint density at radius 3 is 2.22 bits per heavy atom. The van der Waals surface area contributed by atoms with E-state index in [0.29, 0.717) is 0 Å². The van der Waals surface area contributed by atoms with Gasteiger partial charge in [0, 0.05) is 13.1 Å². The van der Waals surface area contributed by atoms with Gasteiger partial charge >= 0.3 is 0 Å². The molecule has 1 aliphatic carbocycles. The van der Waals surface area contributed by atoms with Crippen molar-refractivity contribution in [1.82, 2.24) is 4.90 Å². The third-order valence-electron chi connectivity index (χ3n) is 3.93. The van der Waals surface area contributed by atoms with Gasteiger partial charge in [0.25, 0.3) is 0 Å². The smallest absolute Gasteiger partial charge is 0.0703 e. The summed E-state index contributed by atoms with van der Waals surface area (Å²) in [5, 5.41) is 9.14. The maximum Gasteiger partial charge on any atom is 0.0703 e. The molecule has 1 aromatic rings. The van der Waals surface area contributed by atoms with Crippen molar-refractivity contribution in [2.75, 3.05) is 13.6 Å². The third kappa shape index (κ3) is 2.73. The van der Waals surface area contributed by atoms with E-state index in [-0.39, 0.29) is 5.41 Å².